The normalized spacial score (nSPS) is 12.3. The highest BCUT2D eigenvalue weighted by atomic mass is 19.1. The molecular weight excluding hydrogens is 351 g/mol. The van der Waals surface area contributed by atoms with Crippen LogP contribution in [0.5, 0.6) is 5.75 Å². The van der Waals surface area contributed by atoms with Gasteiger partial charge in [0.1, 0.15) is 17.6 Å². The molecule has 0 amide bonds. The number of aromatic nitrogens is 5. The Balaban J connectivity index is 0.000000466. The van der Waals surface area contributed by atoms with Crippen molar-refractivity contribution in [2.24, 2.45) is 0 Å². The number of hydrogen-bond acceptors (Lipinski definition) is 8. The molecule has 4 N–H and O–H groups in total. The molecule has 9 nitrogen and oxygen atoms in total. The molecule has 0 aliphatic carbocycles. The standard InChI is InChI=1S/C14H10FN7O.C3H7N/c1-7-14(15)13(10(23)5-17-7)9-2-11(22-21-9)20-12-6-18-8(3-16)4-19-12;1-2-4-3-1/h2,4-6,23H,1H3,(H2,19,20,21,22);4H,1-3H2. The number of anilines is 2. The zero-order valence-electron chi connectivity index (χ0n) is 14.5. The van der Waals surface area contributed by atoms with Crippen molar-refractivity contribution in [3.8, 4) is 23.1 Å². The van der Waals surface area contributed by atoms with Gasteiger partial charge in [0.05, 0.1) is 35.5 Å². The minimum absolute atomic E-state index is 0.0102. The van der Waals surface area contributed by atoms with Gasteiger partial charge < -0.3 is 15.7 Å². The molecule has 3 aromatic heterocycles. The number of aryl methyl sites for hydroxylation is 1. The fraction of sp³-hybridized carbons (Fsp3) is 0.235. The van der Waals surface area contributed by atoms with E-state index in [-0.39, 0.29) is 28.4 Å². The van der Waals surface area contributed by atoms with Crippen molar-refractivity contribution < 1.29 is 9.50 Å². The van der Waals surface area contributed by atoms with Gasteiger partial charge in [-0.3, -0.25) is 10.1 Å². The van der Waals surface area contributed by atoms with Crippen LogP contribution in [-0.2, 0) is 0 Å². The molecule has 1 fully saturated rings. The Bertz CT molecular complexity index is 956. The second-order valence-corrected chi connectivity index (χ2v) is 5.71. The summed E-state index contributed by atoms with van der Waals surface area (Å²) in [6.07, 6.45) is 5.25. The van der Waals surface area contributed by atoms with Crippen LogP contribution in [-0.4, -0.2) is 43.3 Å². The Morgan fingerprint density at radius 2 is 1.93 bits per heavy atom. The third kappa shape index (κ3) is 4.34. The van der Waals surface area contributed by atoms with E-state index in [9.17, 15) is 9.50 Å². The molecule has 1 aliphatic heterocycles. The van der Waals surface area contributed by atoms with Crippen LogP contribution in [0.15, 0.2) is 24.7 Å². The topological polar surface area (TPSA) is 135 Å². The number of nitriles is 1. The van der Waals surface area contributed by atoms with E-state index < -0.39 is 5.82 Å². The summed E-state index contributed by atoms with van der Waals surface area (Å²) in [5, 5.41) is 31.0. The Morgan fingerprint density at radius 3 is 2.52 bits per heavy atom. The molecular formula is C17H17FN8O. The molecule has 0 aromatic carbocycles. The molecule has 4 rings (SSSR count). The summed E-state index contributed by atoms with van der Waals surface area (Å²) in [7, 11) is 0. The first kappa shape index (κ1) is 18.2. The van der Waals surface area contributed by atoms with Gasteiger partial charge >= 0.3 is 0 Å². The number of H-pyrrole nitrogens is 1. The van der Waals surface area contributed by atoms with Crippen LogP contribution < -0.4 is 10.6 Å². The molecule has 27 heavy (non-hydrogen) atoms. The van der Waals surface area contributed by atoms with E-state index >= 15 is 0 Å². The number of aromatic hydroxyl groups is 1. The van der Waals surface area contributed by atoms with Gasteiger partial charge in [-0.1, -0.05) is 0 Å². The second kappa shape index (κ2) is 8.20. The summed E-state index contributed by atoms with van der Waals surface area (Å²) in [6, 6.07) is 3.37. The first-order chi connectivity index (χ1) is 13.1. The van der Waals surface area contributed by atoms with Crippen molar-refractivity contribution in [1.29, 1.82) is 5.26 Å². The SMILES string of the molecule is C1CNC1.Cc1ncc(O)c(-c2cc(Nc3cnc(C#N)cn3)n[nH]2)c1F. The Kier molecular flexibility index (Phi) is 5.53. The third-order valence-electron chi connectivity index (χ3n) is 3.75. The van der Waals surface area contributed by atoms with Gasteiger partial charge in [-0.05, 0) is 26.4 Å². The quantitative estimate of drug-likeness (QED) is 0.551. The maximum absolute atomic E-state index is 14.1. The highest BCUT2D eigenvalue weighted by molar-refractivity contribution is 5.70. The van der Waals surface area contributed by atoms with E-state index in [1.165, 1.54) is 51.1 Å². The average Bonchev–Trinajstić information content (AvgIpc) is 3.06. The summed E-state index contributed by atoms with van der Waals surface area (Å²) in [4.78, 5) is 11.6. The monoisotopic (exact) mass is 368 g/mol. The maximum atomic E-state index is 14.1. The number of rotatable bonds is 3. The van der Waals surface area contributed by atoms with Gasteiger partial charge in [-0.15, -0.1) is 0 Å². The zero-order chi connectivity index (χ0) is 19.2. The second-order valence-electron chi connectivity index (χ2n) is 5.71. The molecule has 1 aliphatic rings. The molecule has 0 unspecified atom stereocenters. The minimum atomic E-state index is -0.627. The average molecular weight is 368 g/mol. The Hall–Kier alpha value is -3.58. The molecule has 138 valence electrons. The van der Waals surface area contributed by atoms with Crippen molar-refractivity contribution in [2.45, 2.75) is 13.3 Å². The van der Waals surface area contributed by atoms with E-state index in [4.69, 9.17) is 5.26 Å². The summed E-state index contributed by atoms with van der Waals surface area (Å²) < 4.78 is 14.1. The lowest BCUT2D eigenvalue weighted by molar-refractivity contribution is 0.466. The van der Waals surface area contributed by atoms with Crippen molar-refractivity contribution in [3.63, 3.8) is 0 Å². The third-order valence-corrected chi connectivity index (χ3v) is 3.75. The summed E-state index contributed by atoms with van der Waals surface area (Å²) in [5.74, 6) is -0.190. The molecule has 0 spiro atoms. The minimum Gasteiger partial charge on any atom is -0.506 e. The van der Waals surface area contributed by atoms with Crippen LogP contribution in [0, 0.1) is 24.1 Å². The summed E-state index contributed by atoms with van der Waals surface area (Å²) >= 11 is 0. The highest BCUT2D eigenvalue weighted by Gasteiger charge is 2.16. The molecule has 3 aromatic rings. The fourth-order valence-corrected chi connectivity index (χ4v) is 2.10. The van der Waals surface area contributed by atoms with Gasteiger partial charge in [-0.25, -0.2) is 14.4 Å². The molecule has 0 saturated carbocycles. The number of pyridine rings is 1. The van der Waals surface area contributed by atoms with Crippen LogP contribution >= 0.6 is 0 Å². The number of nitrogens with zero attached hydrogens (tertiary/aromatic N) is 5. The molecule has 4 heterocycles. The largest absolute Gasteiger partial charge is 0.506 e. The lowest BCUT2D eigenvalue weighted by Gasteiger charge is -2.09. The van der Waals surface area contributed by atoms with Gasteiger partial charge in [0, 0.05) is 6.07 Å². The van der Waals surface area contributed by atoms with E-state index in [1.54, 1.807) is 0 Å². The van der Waals surface area contributed by atoms with Gasteiger partial charge in [0.15, 0.2) is 17.3 Å². The van der Waals surface area contributed by atoms with Crippen LogP contribution in [0.2, 0.25) is 0 Å². The maximum Gasteiger partial charge on any atom is 0.158 e. The van der Waals surface area contributed by atoms with Crippen LogP contribution in [0.25, 0.3) is 11.3 Å². The predicted octanol–water partition coefficient (Wildman–Crippen LogP) is 2.01. The first-order valence-electron chi connectivity index (χ1n) is 8.18. The fourth-order valence-electron chi connectivity index (χ4n) is 2.10. The molecule has 0 radical (unpaired) electrons. The van der Waals surface area contributed by atoms with E-state index in [2.05, 4.69) is 35.8 Å². The van der Waals surface area contributed by atoms with Crippen LogP contribution in [0.1, 0.15) is 17.8 Å². The van der Waals surface area contributed by atoms with Gasteiger partial charge in [-0.2, -0.15) is 10.4 Å². The van der Waals surface area contributed by atoms with Crippen LogP contribution in [0.3, 0.4) is 0 Å². The Labute approximate surface area is 154 Å². The Morgan fingerprint density at radius 1 is 1.19 bits per heavy atom. The number of nitrogens with one attached hydrogen (secondary N) is 3. The highest BCUT2D eigenvalue weighted by Crippen LogP contribution is 2.32. The molecule has 0 bridgehead atoms. The van der Waals surface area contributed by atoms with Gasteiger partial charge in [0.2, 0.25) is 0 Å². The number of hydrogen-bond donors (Lipinski definition) is 4. The predicted molar refractivity (Wildman–Crippen MR) is 95.7 cm³/mol. The number of aromatic amines is 1. The smallest absolute Gasteiger partial charge is 0.158 e. The molecule has 0 atom stereocenters. The lowest BCUT2D eigenvalue weighted by Crippen LogP contribution is -2.29. The number of halogens is 1. The zero-order valence-corrected chi connectivity index (χ0v) is 14.5. The molecule has 10 heteroatoms. The van der Waals surface area contributed by atoms with Crippen molar-refractivity contribution in [2.75, 3.05) is 18.4 Å². The lowest BCUT2D eigenvalue weighted by atomic mass is 10.1. The molecule has 1 saturated heterocycles. The van der Waals surface area contributed by atoms with E-state index in [1.807, 2.05) is 6.07 Å². The van der Waals surface area contributed by atoms with Crippen molar-refractivity contribution in [1.82, 2.24) is 30.5 Å². The van der Waals surface area contributed by atoms with Crippen LogP contribution in [0.4, 0.5) is 16.0 Å². The van der Waals surface area contributed by atoms with E-state index in [0.717, 1.165) is 0 Å². The van der Waals surface area contributed by atoms with Crippen molar-refractivity contribution in [3.05, 3.63) is 41.9 Å². The van der Waals surface area contributed by atoms with Crippen molar-refractivity contribution >= 4 is 11.6 Å². The summed E-state index contributed by atoms with van der Waals surface area (Å²) in [5.41, 5.74) is 0.635. The summed E-state index contributed by atoms with van der Waals surface area (Å²) in [6.45, 7) is 4.00. The van der Waals surface area contributed by atoms with Gasteiger partial charge in [0.25, 0.3) is 0 Å². The van der Waals surface area contributed by atoms with E-state index in [0.29, 0.717) is 11.6 Å². The first-order valence-corrected chi connectivity index (χ1v) is 8.18.